The van der Waals surface area contributed by atoms with Crippen LogP contribution < -0.4 is 25.4 Å². The fraction of sp³-hybridized carbons (Fsp3) is 0.194. The molecular formula is C36H37N3O5S. The molecule has 1 atom stereocenters. The van der Waals surface area contributed by atoms with Crippen molar-refractivity contribution in [3.05, 3.63) is 120 Å². The van der Waals surface area contributed by atoms with Gasteiger partial charge in [0.25, 0.3) is 11.8 Å². The summed E-state index contributed by atoms with van der Waals surface area (Å²) in [4.78, 5) is 40.7. The van der Waals surface area contributed by atoms with Crippen LogP contribution in [0.15, 0.2) is 114 Å². The van der Waals surface area contributed by atoms with E-state index in [0.717, 1.165) is 4.90 Å². The van der Waals surface area contributed by atoms with Gasteiger partial charge in [-0.05, 0) is 74.9 Å². The topological polar surface area (TPSA) is 106 Å². The molecule has 4 aromatic rings. The van der Waals surface area contributed by atoms with Gasteiger partial charge in [-0.25, -0.2) is 0 Å². The predicted molar refractivity (Wildman–Crippen MR) is 181 cm³/mol. The number of hydrogen-bond donors (Lipinski definition) is 3. The zero-order chi connectivity index (χ0) is 32.0. The number of carbonyl (C=O) groups is 3. The number of hydrogen-bond acceptors (Lipinski definition) is 6. The van der Waals surface area contributed by atoms with E-state index in [1.165, 1.54) is 11.8 Å². The van der Waals surface area contributed by atoms with Crippen LogP contribution in [-0.4, -0.2) is 36.2 Å². The second-order valence-corrected chi connectivity index (χ2v) is 11.0. The molecule has 4 aromatic carbocycles. The Morgan fingerprint density at radius 2 is 1.42 bits per heavy atom. The van der Waals surface area contributed by atoms with Crippen LogP contribution in [0.25, 0.3) is 6.08 Å². The standard InChI is InChI=1S/C36H37N3O5S/c1-4-33(36(42)38-29-20-11-13-22-32(29)44-6-3)45-28-19-14-18-27(24-28)37-35(41)30(39-34(40)25-15-8-7-9-16-25)23-26-17-10-12-21-31(26)43-5-2/h7-24,33H,4-6H2,1-3H3,(H,37,41)(H,38,42)(H,39,40)/b30-23+. The van der Waals surface area contributed by atoms with Crippen LogP contribution in [-0.2, 0) is 9.59 Å². The Morgan fingerprint density at radius 1 is 0.756 bits per heavy atom. The predicted octanol–water partition coefficient (Wildman–Crippen LogP) is 7.40. The molecule has 232 valence electrons. The number of carbonyl (C=O) groups excluding carboxylic acids is 3. The Kier molecular flexibility index (Phi) is 12.2. The highest BCUT2D eigenvalue weighted by Gasteiger charge is 2.21. The summed E-state index contributed by atoms with van der Waals surface area (Å²) in [6, 6.07) is 30.6. The van der Waals surface area contributed by atoms with Crippen molar-refractivity contribution in [2.24, 2.45) is 0 Å². The lowest BCUT2D eigenvalue weighted by molar-refractivity contribution is -0.116. The lowest BCUT2D eigenvalue weighted by Crippen LogP contribution is -2.30. The lowest BCUT2D eigenvalue weighted by atomic mass is 10.1. The molecule has 0 aliphatic heterocycles. The smallest absolute Gasteiger partial charge is 0.272 e. The van der Waals surface area contributed by atoms with E-state index in [-0.39, 0.29) is 16.9 Å². The van der Waals surface area contributed by atoms with Gasteiger partial charge in [0.2, 0.25) is 5.91 Å². The summed E-state index contributed by atoms with van der Waals surface area (Å²) in [6.45, 7) is 6.66. The second kappa shape index (κ2) is 16.7. The number of rotatable bonds is 14. The first kappa shape index (κ1) is 32.9. The number of anilines is 2. The quantitative estimate of drug-likeness (QED) is 0.0999. The van der Waals surface area contributed by atoms with Crippen molar-refractivity contribution in [1.82, 2.24) is 5.32 Å². The summed E-state index contributed by atoms with van der Waals surface area (Å²) in [5, 5.41) is 8.26. The van der Waals surface area contributed by atoms with E-state index in [9.17, 15) is 14.4 Å². The summed E-state index contributed by atoms with van der Waals surface area (Å²) < 4.78 is 11.4. The normalized spacial score (nSPS) is 11.7. The lowest BCUT2D eigenvalue weighted by Gasteiger charge is -2.17. The molecule has 0 spiro atoms. The molecule has 0 aliphatic carbocycles. The van der Waals surface area contributed by atoms with E-state index in [1.54, 1.807) is 48.5 Å². The summed E-state index contributed by atoms with van der Waals surface area (Å²) >= 11 is 1.40. The molecule has 0 saturated heterocycles. The first-order valence-electron chi connectivity index (χ1n) is 14.8. The third-order valence-electron chi connectivity index (χ3n) is 6.53. The van der Waals surface area contributed by atoms with E-state index < -0.39 is 11.8 Å². The number of nitrogens with one attached hydrogen (secondary N) is 3. The van der Waals surface area contributed by atoms with Gasteiger partial charge in [0, 0.05) is 21.7 Å². The Bertz CT molecular complexity index is 1640. The van der Waals surface area contributed by atoms with Crippen molar-refractivity contribution in [2.45, 2.75) is 37.3 Å². The van der Waals surface area contributed by atoms with E-state index in [2.05, 4.69) is 16.0 Å². The number of para-hydroxylation sites is 3. The number of benzene rings is 4. The van der Waals surface area contributed by atoms with Gasteiger partial charge < -0.3 is 25.4 Å². The molecule has 3 N–H and O–H groups in total. The molecule has 9 heteroatoms. The van der Waals surface area contributed by atoms with Gasteiger partial charge in [-0.1, -0.05) is 61.5 Å². The molecule has 0 aliphatic rings. The van der Waals surface area contributed by atoms with Crippen LogP contribution in [0.1, 0.15) is 43.1 Å². The molecule has 0 radical (unpaired) electrons. The van der Waals surface area contributed by atoms with Gasteiger partial charge in [0.15, 0.2) is 0 Å². The molecule has 4 rings (SSSR count). The van der Waals surface area contributed by atoms with Gasteiger partial charge in [0.1, 0.15) is 17.2 Å². The molecule has 45 heavy (non-hydrogen) atoms. The maximum atomic E-state index is 13.6. The largest absolute Gasteiger partial charge is 0.493 e. The van der Waals surface area contributed by atoms with Gasteiger partial charge >= 0.3 is 0 Å². The van der Waals surface area contributed by atoms with Crippen LogP contribution in [0.2, 0.25) is 0 Å². The summed E-state index contributed by atoms with van der Waals surface area (Å²) in [5.41, 5.74) is 2.24. The van der Waals surface area contributed by atoms with E-state index in [4.69, 9.17) is 9.47 Å². The van der Waals surface area contributed by atoms with Crippen molar-refractivity contribution >= 4 is 46.9 Å². The van der Waals surface area contributed by atoms with Crippen LogP contribution in [0, 0.1) is 0 Å². The average molecular weight is 624 g/mol. The monoisotopic (exact) mass is 623 g/mol. The van der Waals surface area contributed by atoms with Gasteiger partial charge in [-0.15, -0.1) is 11.8 Å². The maximum absolute atomic E-state index is 13.6. The summed E-state index contributed by atoms with van der Waals surface area (Å²) in [5.74, 6) is 0.129. The maximum Gasteiger partial charge on any atom is 0.272 e. The Morgan fingerprint density at radius 3 is 2.16 bits per heavy atom. The summed E-state index contributed by atoms with van der Waals surface area (Å²) in [6.07, 6.45) is 2.18. The molecule has 0 aromatic heterocycles. The number of thioether (sulfide) groups is 1. The zero-order valence-corrected chi connectivity index (χ0v) is 26.4. The third kappa shape index (κ3) is 9.48. The Balaban J connectivity index is 1.53. The van der Waals surface area contributed by atoms with Gasteiger partial charge in [0.05, 0.1) is 24.2 Å². The molecule has 0 heterocycles. The second-order valence-electron chi connectivity index (χ2n) is 9.76. The van der Waals surface area contributed by atoms with Crippen molar-refractivity contribution in [2.75, 3.05) is 23.8 Å². The number of ether oxygens (including phenoxy) is 2. The average Bonchev–Trinajstić information content (AvgIpc) is 3.05. The molecular weight excluding hydrogens is 586 g/mol. The van der Waals surface area contributed by atoms with E-state index in [0.29, 0.717) is 53.6 Å². The fourth-order valence-electron chi connectivity index (χ4n) is 4.38. The Hall–Kier alpha value is -5.02. The van der Waals surface area contributed by atoms with Crippen LogP contribution >= 0.6 is 11.8 Å². The Labute approximate surface area is 268 Å². The SMILES string of the molecule is CCOc1ccccc1/C=C(/NC(=O)c1ccccc1)C(=O)Nc1cccc(SC(CC)C(=O)Nc2ccccc2OCC)c1. The highest BCUT2D eigenvalue weighted by molar-refractivity contribution is 8.00. The molecule has 1 unspecified atom stereocenters. The first-order chi connectivity index (χ1) is 21.9. The minimum atomic E-state index is -0.509. The van der Waals surface area contributed by atoms with Crippen LogP contribution in [0.3, 0.4) is 0 Å². The van der Waals surface area contributed by atoms with Crippen molar-refractivity contribution in [1.29, 1.82) is 0 Å². The zero-order valence-electron chi connectivity index (χ0n) is 25.5. The van der Waals surface area contributed by atoms with Gasteiger partial charge in [-0.2, -0.15) is 0 Å². The van der Waals surface area contributed by atoms with Crippen molar-refractivity contribution < 1.29 is 23.9 Å². The minimum Gasteiger partial charge on any atom is -0.493 e. The molecule has 0 bridgehead atoms. The molecule has 8 nitrogen and oxygen atoms in total. The van der Waals surface area contributed by atoms with E-state index in [1.807, 2.05) is 81.4 Å². The van der Waals surface area contributed by atoms with Crippen LogP contribution in [0.4, 0.5) is 11.4 Å². The minimum absolute atomic E-state index is 0.0489. The highest BCUT2D eigenvalue weighted by atomic mass is 32.2. The molecule has 3 amide bonds. The van der Waals surface area contributed by atoms with Crippen molar-refractivity contribution in [3.63, 3.8) is 0 Å². The molecule has 0 fully saturated rings. The first-order valence-corrected chi connectivity index (χ1v) is 15.7. The third-order valence-corrected chi connectivity index (χ3v) is 7.88. The van der Waals surface area contributed by atoms with Crippen LogP contribution in [0.5, 0.6) is 11.5 Å². The summed E-state index contributed by atoms with van der Waals surface area (Å²) in [7, 11) is 0. The molecule has 0 saturated carbocycles. The van der Waals surface area contributed by atoms with Crippen molar-refractivity contribution in [3.8, 4) is 11.5 Å². The highest BCUT2D eigenvalue weighted by Crippen LogP contribution is 2.30. The number of amides is 3. The van der Waals surface area contributed by atoms with Gasteiger partial charge in [-0.3, -0.25) is 14.4 Å². The van der Waals surface area contributed by atoms with E-state index >= 15 is 0 Å². The fourth-order valence-corrected chi connectivity index (χ4v) is 5.39.